The lowest BCUT2D eigenvalue weighted by molar-refractivity contribution is 0.205. The molecule has 0 aliphatic rings. The van der Waals surface area contributed by atoms with E-state index in [4.69, 9.17) is 21.3 Å². The van der Waals surface area contributed by atoms with Gasteiger partial charge in [-0.1, -0.05) is 11.6 Å². The van der Waals surface area contributed by atoms with Gasteiger partial charge in [-0.05, 0) is 36.4 Å². The van der Waals surface area contributed by atoms with E-state index in [9.17, 15) is 4.79 Å². The first-order valence-electron chi connectivity index (χ1n) is 6.40. The molecule has 2 amide bonds. The number of rotatable bonds is 5. The van der Waals surface area contributed by atoms with Crippen LogP contribution in [-0.4, -0.2) is 17.5 Å². The molecule has 0 saturated heterocycles. The van der Waals surface area contributed by atoms with Crippen LogP contribution < -0.4 is 5.32 Å². The highest BCUT2D eigenvalue weighted by Gasteiger charge is 2.15. The maximum atomic E-state index is 12.3. The Labute approximate surface area is 127 Å². The summed E-state index contributed by atoms with van der Waals surface area (Å²) in [4.78, 5) is 13.8. The Morgan fingerprint density at radius 3 is 2.71 bits per heavy atom. The van der Waals surface area contributed by atoms with Gasteiger partial charge in [0.2, 0.25) is 0 Å². The number of nitrogens with one attached hydrogen (secondary N) is 1. The molecule has 0 radical (unpaired) electrons. The number of amides is 2. The lowest BCUT2D eigenvalue weighted by Gasteiger charge is -2.21. The van der Waals surface area contributed by atoms with Gasteiger partial charge < -0.3 is 14.6 Å². The van der Waals surface area contributed by atoms with E-state index in [-0.39, 0.29) is 12.5 Å². The van der Waals surface area contributed by atoms with Gasteiger partial charge in [-0.3, -0.25) is 0 Å². The quantitative estimate of drug-likeness (QED) is 0.911. The molecule has 0 aliphatic heterocycles. The number of urea groups is 1. The molecule has 0 atom stereocenters. The minimum atomic E-state index is -0.288. The molecule has 1 N–H and O–H groups in total. The van der Waals surface area contributed by atoms with Crippen molar-refractivity contribution in [3.63, 3.8) is 0 Å². The van der Waals surface area contributed by atoms with Crippen molar-refractivity contribution in [2.24, 2.45) is 0 Å². The topological polar surface area (TPSA) is 69.3 Å². The van der Waals surface area contributed by atoms with Gasteiger partial charge >= 0.3 is 6.03 Å². The molecule has 0 bridgehead atoms. The summed E-state index contributed by atoms with van der Waals surface area (Å²) in [5.41, 5.74) is 0.644. The molecule has 1 heterocycles. The predicted octanol–water partition coefficient (Wildman–Crippen LogP) is 3.88. The molecule has 0 spiro atoms. The molecular weight excluding hydrogens is 290 g/mol. The van der Waals surface area contributed by atoms with E-state index in [1.165, 1.54) is 4.90 Å². The average Bonchev–Trinajstić information content (AvgIpc) is 2.98. The monoisotopic (exact) mass is 303 g/mol. The second-order valence-electron chi connectivity index (χ2n) is 4.35. The van der Waals surface area contributed by atoms with Crippen molar-refractivity contribution in [2.45, 2.75) is 13.0 Å². The Morgan fingerprint density at radius 1 is 1.33 bits per heavy atom. The molecule has 6 heteroatoms. The van der Waals surface area contributed by atoms with Gasteiger partial charge in [0.1, 0.15) is 5.76 Å². The lowest BCUT2D eigenvalue weighted by Crippen LogP contribution is -2.35. The summed E-state index contributed by atoms with van der Waals surface area (Å²) >= 11 is 5.80. The Balaban J connectivity index is 2.02. The summed E-state index contributed by atoms with van der Waals surface area (Å²) in [6, 6.07) is 12.1. The van der Waals surface area contributed by atoms with Crippen LogP contribution in [0.25, 0.3) is 0 Å². The summed E-state index contributed by atoms with van der Waals surface area (Å²) < 4.78 is 5.24. The fourth-order valence-corrected chi connectivity index (χ4v) is 1.89. The van der Waals surface area contributed by atoms with Crippen molar-refractivity contribution < 1.29 is 9.21 Å². The van der Waals surface area contributed by atoms with Crippen LogP contribution in [0.1, 0.15) is 12.2 Å². The second kappa shape index (κ2) is 7.36. The Kier molecular flexibility index (Phi) is 5.24. The molecule has 21 heavy (non-hydrogen) atoms. The molecule has 0 saturated carbocycles. The Hall–Kier alpha value is -2.45. The largest absolute Gasteiger partial charge is 0.467 e. The van der Waals surface area contributed by atoms with Crippen molar-refractivity contribution in [1.29, 1.82) is 5.26 Å². The Bertz CT molecular complexity index is 617. The van der Waals surface area contributed by atoms with E-state index < -0.39 is 0 Å². The minimum absolute atomic E-state index is 0.259. The van der Waals surface area contributed by atoms with Crippen molar-refractivity contribution in [3.8, 4) is 6.07 Å². The second-order valence-corrected chi connectivity index (χ2v) is 4.78. The predicted molar refractivity (Wildman–Crippen MR) is 79.8 cm³/mol. The fraction of sp³-hybridized carbons (Fsp3) is 0.200. The van der Waals surface area contributed by atoms with Crippen LogP contribution >= 0.6 is 11.6 Å². The minimum Gasteiger partial charge on any atom is -0.467 e. The SMILES string of the molecule is N#CCCN(Cc1ccco1)C(=O)Nc1ccc(Cl)cc1. The van der Waals surface area contributed by atoms with Crippen LogP contribution in [0.15, 0.2) is 47.1 Å². The van der Waals surface area contributed by atoms with Crippen molar-refractivity contribution >= 4 is 23.3 Å². The van der Waals surface area contributed by atoms with Crippen LogP contribution in [0, 0.1) is 11.3 Å². The number of nitriles is 1. The zero-order chi connectivity index (χ0) is 15.1. The summed E-state index contributed by atoms with van der Waals surface area (Å²) in [5, 5.41) is 12.1. The van der Waals surface area contributed by atoms with Crippen molar-refractivity contribution in [1.82, 2.24) is 4.90 Å². The number of carbonyl (C=O) groups is 1. The highest BCUT2D eigenvalue weighted by Crippen LogP contribution is 2.15. The number of hydrogen-bond acceptors (Lipinski definition) is 3. The number of furan rings is 1. The van der Waals surface area contributed by atoms with E-state index >= 15 is 0 Å². The third kappa shape index (κ3) is 4.55. The fourth-order valence-electron chi connectivity index (χ4n) is 1.76. The summed E-state index contributed by atoms with van der Waals surface area (Å²) in [6.45, 7) is 0.644. The molecule has 2 rings (SSSR count). The molecule has 0 fully saturated rings. The molecule has 108 valence electrons. The summed E-state index contributed by atoms with van der Waals surface area (Å²) in [6.07, 6.45) is 1.81. The maximum absolute atomic E-state index is 12.3. The van der Waals surface area contributed by atoms with Crippen LogP contribution in [0.2, 0.25) is 5.02 Å². The van der Waals surface area contributed by atoms with Gasteiger partial charge in [0, 0.05) is 17.3 Å². The first-order valence-corrected chi connectivity index (χ1v) is 6.77. The molecule has 5 nitrogen and oxygen atoms in total. The van der Waals surface area contributed by atoms with Gasteiger partial charge in [0.25, 0.3) is 0 Å². The van der Waals surface area contributed by atoms with Crippen LogP contribution in [-0.2, 0) is 6.54 Å². The molecular formula is C15H14ClN3O2. The third-order valence-corrected chi connectivity index (χ3v) is 3.06. The van der Waals surface area contributed by atoms with E-state index in [0.29, 0.717) is 29.6 Å². The Morgan fingerprint density at radius 2 is 2.10 bits per heavy atom. The molecule has 0 aliphatic carbocycles. The average molecular weight is 304 g/mol. The summed E-state index contributed by atoms with van der Waals surface area (Å²) in [5.74, 6) is 0.666. The van der Waals surface area contributed by atoms with Crippen molar-refractivity contribution in [2.75, 3.05) is 11.9 Å². The number of hydrogen-bond donors (Lipinski definition) is 1. The number of carbonyl (C=O) groups excluding carboxylic acids is 1. The van der Waals surface area contributed by atoms with Gasteiger partial charge in [-0.2, -0.15) is 5.26 Å². The van der Waals surface area contributed by atoms with Gasteiger partial charge in [-0.25, -0.2) is 4.79 Å². The smallest absolute Gasteiger partial charge is 0.322 e. The number of nitrogens with zero attached hydrogens (tertiary/aromatic N) is 2. The molecule has 0 unspecified atom stereocenters. The van der Waals surface area contributed by atoms with E-state index in [0.717, 1.165) is 0 Å². The highest BCUT2D eigenvalue weighted by molar-refractivity contribution is 6.30. The maximum Gasteiger partial charge on any atom is 0.322 e. The van der Waals surface area contributed by atoms with Crippen molar-refractivity contribution in [3.05, 3.63) is 53.4 Å². The highest BCUT2D eigenvalue weighted by atomic mass is 35.5. The molecule has 2 aromatic rings. The first-order chi connectivity index (χ1) is 10.2. The van der Waals surface area contributed by atoms with Crippen LogP contribution in [0.4, 0.5) is 10.5 Å². The molecule has 1 aromatic heterocycles. The van der Waals surface area contributed by atoms with E-state index in [2.05, 4.69) is 5.32 Å². The summed E-state index contributed by atoms with van der Waals surface area (Å²) in [7, 11) is 0. The van der Waals surface area contributed by atoms with Crippen LogP contribution in [0.3, 0.4) is 0 Å². The normalized spacial score (nSPS) is 9.90. The van der Waals surface area contributed by atoms with Gasteiger partial charge in [0.15, 0.2) is 0 Å². The van der Waals surface area contributed by atoms with E-state index in [1.807, 2.05) is 6.07 Å². The lowest BCUT2D eigenvalue weighted by atomic mass is 10.3. The zero-order valence-electron chi connectivity index (χ0n) is 11.3. The number of halogens is 1. The standard InChI is InChI=1S/C15H14ClN3O2/c16-12-4-6-13(7-5-12)18-15(20)19(9-2-8-17)11-14-3-1-10-21-14/h1,3-7,10H,2,9,11H2,(H,18,20). The zero-order valence-corrected chi connectivity index (χ0v) is 12.0. The first kappa shape index (κ1) is 14.9. The van der Waals surface area contributed by atoms with Gasteiger partial charge in [-0.15, -0.1) is 0 Å². The van der Waals surface area contributed by atoms with E-state index in [1.54, 1.807) is 42.7 Å². The third-order valence-electron chi connectivity index (χ3n) is 2.80. The number of benzene rings is 1. The molecule has 1 aromatic carbocycles. The van der Waals surface area contributed by atoms with Crippen LogP contribution in [0.5, 0.6) is 0 Å². The number of anilines is 1. The van der Waals surface area contributed by atoms with Gasteiger partial charge in [0.05, 0.1) is 25.3 Å².